The number of aromatic nitrogens is 1. The lowest BCUT2D eigenvalue weighted by Crippen LogP contribution is -2.41. The van der Waals surface area contributed by atoms with Crippen LogP contribution in [0, 0.1) is 11.2 Å². The Labute approximate surface area is 168 Å². The van der Waals surface area contributed by atoms with Crippen molar-refractivity contribution in [3.05, 3.63) is 41.9 Å². The zero-order chi connectivity index (χ0) is 21.0. The lowest BCUT2D eigenvalue weighted by Gasteiger charge is -2.36. The molecule has 1 aliphatic rings. The van der Waals surface area contributed by atoms with Gasteiger partial charge < -0.3 is 19.3 Å². The molecule has 1 saturated heterocycles. The highest BCUT2D eigenvalue weighted by Gasteiger charge is 2.29. The molecule has 0 atom stereocenters. The maximum atomic E-state index is 13.3. The quantitative estimate of drug-likeness (QED) is 0.559. The molecule has 0 amide bonds. The molecular formula is C21H25FN2O5. The van der Waals surface area contributed by atoms with Crippen molar-refractivity contribution in [1.29, 1.82) is 0 Å². The fraction of sp³-hybridized carbons (Fsp3) is 0.476. The summed E-state index contributed by atoms with van der Waals surface area (Å²) in [5, 5.41) is 13.6. The van der Waals surface area contributed by atoms with Crippen LogP contribution >= 0.6 is 0 Å². The summed E-state index contributed by atoms with van der Waals surface area (Å²) in [5.41, 5.74) is 1.10. The lowest BCUT2D eigenvalue weighted by atomic mass is 9.88. The van der Waals surface area contributed by atoms with E-state index < -0.39 is 11.9 Å². The number of hydrogen-bond donors (Lipinski definition) is 1. The van der Waals surface area contributed by atoms with Crippen LogP contribution in [0.1, 0.15) is 38.3 Å². The van der Waals surface area contributed by atoms with Crippen molar-refractivity contribution < 1.29 is 28.3 Å². The van der Waals surface area contributed by atoms with Crippen LogP contribution in [0.25, 0.3) is 11.0 Å². The first-order chi connectivity index (χ1) is 13.7. The molecule has 1 aliphatic heterocycles. The Morgan fingerprint density at radius 2 is 2.07 bits per heavy atom. The van der Waals surface area contributed by atoms with Crippen LogP contribution in [-0.4, -0.2) is 53.3 Å². The third kappa shape index (κ3) is 5.63. The van der Waals surface area contributed by atoms with Crippen molar-refractivity contribution in [2.45, 2.75) is 32.6 Å². The number of carboxylic acid groups (broad SMARTS) is 1. The van der Waals surface area contributed by atoms with Crippen LogP contribution in [0.4, 0.5) is 4.39 Å². The fourth-order valence-electron chi connectivity index (χ4n) is 3.69. The van der Waals surface area contributed by atoms with E-state index in [1.165, 1.54) is 12.1 Å². The molecule has 1 N–H and O–H groups in total. The molecule has 0 spiro atoms. The third-order valence-electron chi connectivity index (χ3n) is 5.06. The highest BCUT2D eigenvalue weighted by atomic mass is 19.1. The van der Waals surface area contributed by atoms with Crippen molar-refractivity contribution in [2.24, 2.45) is 5.41 Å². The van der Waals surface area contributed by atoms with Crippen molar-refractivity contribution in [3.63, 3.8) is 0 Å². The summed E-state index contributed by atoms with van der Waals surface area (Å²) in [6.45, 7) is 6.71. The summed E-state index contributed by atoms with van der Waals surface area (Å²) in [4.78, 5) is 24.3. The average Bonchev–Trinajstić information content (AvgIpc) is 3.08. The second-order valence-corrected chi connectivity index (χ2v) is 8.20. The molecule has 2 heterocycles. The van der Waals surface area contributed by atoms with Crippen LogP contribution in [0.5, 0.6) is 0 Å². The molecule has 7 nitrogen and oxygen atoms in total. The van der Waals surface area contributed by atoms with Gasteiger partial charge >= 0.3 is 11.9 Å². The monoisotopic (exact) mass is 404 g/mol. The second kappa shape index (κ2) is 8.73. The highest BCUT2D eigenvalue weighted by molar-refractivity contribution is 5.90. The number of esters is 1. The summed E-state index contributed by atoms with van der Waals surface area (Å²) in [6, 6.07) is 4.50. The van der Waals surface area contributed by atoms with Gasteiger partial charge in [0, 0.05) is 41.5 Å². The number of aliphatic carboxylic acids is 1. The van der Waals surface area contributed by atoms with Crippen LogP contribution in [0.3, 0.4) is 0 Å². The molecule has 0 radical (unpaired) electrons. The van der Waals surface area contributed by atoms with Gasteiger partial charge in [-0.2, -0.15) is 0 Å². The number of likely N-dealkylation sites (tertiary alicyclic amines) is 1. The maximum Gasteiger partial charge on any atom is 0.331 e. The molecule has 0 saturated carbocycles. The Morgan fingerprint density at radius 1 is 1.34 bits per heavy atom. The van der Waals surface area contributed by atoms with Crippen molar-refractivity contribution in [2.75, 3.05) is 26.2 Å². The number of nitrogens with zero attached hydrogens (tertiary/aromatic N) is 2. The standard InChI is InChI=1S/C21H25FN2O5/c1-21(2,13-28-19(27)6-5-18(25)26)12-24-9-7-14(8-10-24)20-16-4-3-15(22)11-17(16)29-23-20/h3-6,11,14H,7-10,12-13H2,1-2H3,(H,25,26). The van der Waals surface area contributed by atoms with E-state index in [9.17, 15) is 14.0 Å². The van der Waals surface area contributed by atoms with Crippen LogP contribution in [0.2, 0.25) is 0 Å². The molecular weight excluding hydrogens is 379 g/mol. The van der Waals surface area contributed by atoms with Gasteiger partial charge in [-0.3, -0.25) is 0 Å². The molecule has 1 aromatic carbocycles. The minimum atomic E-state index is -1.19. The van der Waals surface area contributed by atoms with E-state index in [0.29, 0.717) is 5.58 Å². The van der Waals surface area contributed by atoms with Gasteiger partial charge in [0.15, 0.2) is 5.58 Å². The fourth-order valence-corrected chi connectivity index (χ4v) is 3.69. The van der Waals surface area contributed by atoms with Gasteiger partial charge in [-0.05, 0) is 38.1 Å². The number of fused-ring (bicyclic) bond motifs is 1. The number of carboxylic acids is 1. The highest BCUT2D eigenvalue weighted by Crippen LogP contribution is 2.33. The molecule has 3 rings (SSSR count). The van der Waals surface area contributed by atoms with Gasteiger partial charge in [-0.25, -0.2) is 14.0 Å². The Kier molecular flexibility index (Phi) is 6.32. The first-order valence-electron chi connectivity index (χ1n) is 9.58. The summed E-state index contributed by atoms with van der Waals surface area (Å²) in [7, 11) is 0. The molecule has 0 bridgehead atoms. The van der Waals surface area contributed by atoms with Gasteiger partial charge in [0.05, 0.1) is 12.3 Å². The van der Waals surface area contributed by atoms with Crippen LogP contribution < -0.4 is 0 Å². The molecule has 0 aliphatic carbocycles. The van der Waals surface area contributed by atoms with E-state index in [4.69, 9.17) is 14.4 Å². The van der Waals surface area contributed by atoms with Crippen LogP contribution in [-0.2, 0) is 14.3 Å². The molecule has 156 valence electrons. The minimum absolute atomic E-state index is 0.204. The number of hydrogen-bond acceptors (Lipinski definition) is 6. The summed E-state index contributed by atoms with van der Waals surface area (Å²) in [5.74, 6) is -1.92. The van der Waals surface area contributed by atoms with Crippen LogP contribution in [0.15, 0.2) is 34.9 Å². The number of benzene rings is 1. The summed E-state index contributed by atoms with van der Waals surface area (Å²) >= 11 is 0. The first kappa shape index (κ1) is 21.0. The number of piperidine rings is 1. The minimum Gasteiger partial charge on any atom is -0.478 e. The molecule has 0 unspecified atom stereocenters. The number of carbonyl (C=O) groups is 2. The second-order valence-electron chi connectivity index (χ2n) is 8.20. The normalized spacial score (nSPS) is 16.5. The van der Waals surface area contributed by atoms with E-state index in [1.807, 2.05) is 13.8 Å². The summed E-state index contributed by atoms with van der Waals surface area (Å²) in [6.07, 6.45) is 3.51. The molecule has 29 heavy (non-hydrogen) atoms. The van der Waals surface area contributed by atoms with E-state index >= 15 is 0 Å². The number of ether oxygens (including phenoxy) is 1. The Morgan fingerprint density at radius 3 is 2.76 bits per heavy atom. The maximum absolute atomic E-state index is 13.3. The van der Waals surface area contributed by atoms with Gasteiger partial charge in [-0.1, -0.05) is 19.0 Å². The number of halogens is 1. The Bertz CT molecular complexity index is 913. The smallest absolute Gasteiger partial charge is 0.331 e. The zero-order valence-electron chi connectivity index (χ0n) is 16.6. The summed E-state index contributed by atoms with van der Waals surface area (Å²) < 4.78 is 23.8. The van der Waals surface area contributed by atoms with Gasteiger partial charge in [0.25, 0.3) is 0 Å². The third-order valence-corrected chi connectivity index (χ3v) is 5.06. The van der Waals surface area contributed by atoms with Gasteiger partial charge in [0.2, 0.25) is 0 Å². The van der Waals surface area contributed by atoms with Crippen molar-refractivity contribution >= 4 is 22.9 Å². The zero-order valence-corrected chi connectivity index (χ0v) is 16.6. The topological polar surface area (TPSA) is 92.9 Å². The van der Waals surface area contributed by atoms with E-state index in [1.54, 1.807) is 6.07 Å². The molecule has 1 aromatic heterocycles. The Balaban J connectivity index is 1.51. The average molecular weight is 404 g/mol. The Hall–Kier alpha value is -2.74. The molecule has 8 heteroatoms. The van der Waals surface area contributed by atoms with Gasteiger partial charge in [0.1, 0.15) is 5.82 Å². The molecule has 2 aromatic rings. The largest absolute Gasteiger partial charge is 0.478 e. The predicted octanol–water partition coefficient (Wildman–Crippen LogP) is 3.36. The van der Waals surface area contributed by atoms with E-state index in [2.05, 4.69) is 10.1 Å². The van der Waals surface area contributed by atoms with Crippen molar-refractivity contribution in [3.8, 4) is 0 Å². The molecule has 1 fully saturated rings. The van der Waals surface area contributed by atoms with E-state index in [-0.39, 0.29) is 23.8 Å². The van der Waals surface area contributed by atoms with Crippen molar-refractivity contribution in [1.82, 2.24) is 10.1 Å². The van der Waals surface area contributed by atoms with E-state index in [0.717, 1.165) is 55.7 Å². The number of rotatable bonds is 7. The predicted molar refractivity (Wildman–Crippen MR) is 104 cm³/mol. The van der Waals surface area contributed by atoms with Gasteiger partial charge in [-0.15, -0.1) is 0 Å². The first-order valence-corrected chi connectivity index (χ1v) is 9.58. The SMILES string of the molecule is CC(C)(COC(=O)C=CC(=O)O)CN1CCC(c2noc3cc(F)ccc23)CC1. The number of carbonyl (C=O) groups excluding carboxylic acids is 1. The lowest BCUT2D eigenvalue weighted by molar-refractivity contribution is -0.141.